The molecule has 0 radical (unpaired) electrons. The summed E-state index contributed by atoms with van der Waals surface area (Å²) in [6.07, 6.45) is 1.30. The smallest absolute Gasteiger partial charge is 0.253 e. The van der Waals surface area contributed by atoms with Crippen molar-refractivity contribution in [3.05, 3.63) is 34.1 Å². The second-order valence-electron chi connectivity index (χ2n) is 5.00. The van der Waals surface area contributed by atoms with Gasteiger partial charge in [0.1, 0.15) is 5.82 Å². The maximum atomic E-state index is 13.1. The molecule has 3 nitrogen and oxygen atoms in total. The van der Waals surface area contributed by atoms with E-state index in [0.717, 1.165) is 12.8 Å². The van der Waals surface area contributed by atoms with Crippen molar-refractivity contribution >= 4 is 21.8 Å². The highest BCUT2D eigenvalue weighted by atomic mass is 79.9. The average molecular weight is 330 g/mol. The Balaban J connectivity index is 2.03. The summed E-state index contributed by atoms with van der Waals surface area (Å²) in [7, 11) is 0. The quantitative estimate of drug-likeness (QED) is 0.906. The summed E-state index contributed by atoms with van der Waals surface area (Å²) in [6, 6.07) is 4.31. The molecular weight excluding hydrogens is 313 g/mol. The van der Waals surface area contributed by atoms with Crippen LogP contribution in [0.15, 0.2) is 22.7 Å². The maximum absolute atomic E-state index is 13.1. The Morgan fingerprint density at radius 2 is 2.11 bits per heavy atom. The number of rotatable bonds is 2. The molecular formula is C14H17BrFNO2. The Morgan fingerprint density at radius 3 is 2.63 bits per heavy atom. The molecule has 1 heterocycles. The number of nitrogens with zero attached hydrogens (tertiary/aromatic N) is 1. The molecule has 1 saturated heterocycles. The Morgan fingerprint density at radius 1 is 1.47 bits per heavy atom. The lowest BCUT2D eigenvalue weighted by molar-refractivity contribution is 0.0521. The van der Waals surface area contributed by atoms with Gasteiger partial charge >= 0.3 is 0 Å². The van der Waals surface area contributed by atoms with E-state index < -0.39 is 0 Å². The Hall–Kier alpha value is -0.940. The fourth-order valence-electron chi connectivity index (χ4n) is 2.40. The van der Waals surface area contributed by atoms with E-state index in [1.165, 1.54) is 18.2 Å². The molecule has 0 unspecified atom stereocenters. The number of aliphatic hydroxyl groups excluding tert-OH is 1. The first-order valence-corrected chi connectivity index (χ1v) is 7.20. The molecule has 0 bridgehead atoms. The molecule has 1 aromatic carbocycles. The summed E-state index contributed by atoms with van der Waals surface area (Å²) in [5, 5.41) is 9.53. The lowest BCUT2D eigenvalue weighted by atomic mass is 9.92. The molecule has 104 valence electrons. The van der Waals surface area contributed by atoms with Gasteiger partial charge in [0.05, 0.1) is 10.6 Å². The third-order valence-corrected chi connectivity index (χ3v) is 4.28. The fraction of sp³-hybridized carbons (Fsp3) is 0.500. The third kappa shape index (κ3) is 3.34. The van der Waals surface area contributed by atoms with Crippen LogP contribution in [0.4, 0.5) is 4.39 Å². The summed E-state index contributed by atoms with van der Waals surface area (Å²) in [6.45, 7) is 3.08. The SMILES string of the molecule is C[C@H](O)C1CCN(C(=O)c2ccc(F)c(Br)c2)CC1. The minimum absolute atomic E-state index is 0.0789. The predicted molar refractivity (Wildman–Crippen MR) is 74.4 cm³/mol. The fourth-order valence-corrected chi connectivity index (χ4v) is 2.78. The van der Waals surface area contributed by atoms with Crippen molar-refractivity contribution in [3.8, 4) is 0 Å². The van der Waals surface area contributed by atoms with Crippen LogP contribution in [0.25, 0.3) is 0 Å². The minimum Gasteiger partial charge on any atom is -0.393 e. The number of carbonyl (C=O) groups excluding carboxylic acids is 1. The lowest BCUT2D eigenvalue weighted by Gasteiger charge is -2.33. The van der Waals surface area contributed by atoms with Crippen LogP contribution in [0.5, 0.6) is 0 Å². The van der Waals surface area contributed by atoms with Crippen LogP contribution in [-0.4, -0.2) is 35.1 Å². The van der Waals surface area contributed by atoms with Crippen molar-refractivity contribution in [1.82, 2.24) is 4.90 Å². The molecule has 5 heteroatoms. The molecule has 1 amide bonds. The van der Waals surface area contributed by atoms with Gasteiger partial charge in [-0.25, -0.2) is 4.39 Å². The first-order valence-electron chi connectivity index (χ1n) is 6.41. The van der Waals surface area contributed by atoms with E-state index in [2.05, 4.69) is 15.9 Å². The number of carbonyl (C=O) groups is 1. The second-order valence-corrected chi connectivity index (χ2v) is 5.85. The van der Waals surface area contributed by atoms with Crippen LogP contribution >= 0.6 is 15.9 Å². The molecule has 1 N–H and O–H groups in total. The summed E-state index contributed by atoms with van der Waals surface area (Å²) in [5.41, 5.74) is 0.490. The van der Waals surface area contributed by atoms with E-state index >= 15 is 0 Å². The second kappa shape index (κ2) is 6.01. The van der Waals surface area contributed by atoms with Gasteiger partial charge in [-0.1, -0.05) is 0 Å². The minimum atomic E-state index is -0.371. The molecule has 1 aliphatic rings. The van der Waals surface area contributed by atoms with Crippen LogP contribution in [0, 0.1) is 11.7 Å². The Labute approximate surface area is 120 Å². The van der Waals surface area contributed by atoms with Gasteiger partial charge in [0.15, 0.2) is 0 Å². The number of piperidine rings is 1. The third-order valence-electron chi connectivity index (χ3n) is 3.68. The van der Waals surface area contributed by atoms with Crippen LogP contribution in [0.1, 0.15) is 30.1 Å². The number of benzene rings is 1. The van der Waals surface area contributed by atoms with Gasteiger partial charge in [-0.15, -0.1) is 0 Å². The van der Waals surface area contributed by atoms with Crippen molar-refractivity contribution in [2.75, 3.05) is 13.1 Å². The number of hydrogen-bond donors (Lipinski definition) is 1. The Bertz CT molecular complexity index is 471. The van der Waals surface area contributed by atoms with Gasteiger partial charge < -0.3 is 10.0 Å². The zero-order chi connectivity index (χ0) is 14.0. The van der Waals surface area contributed by atoms with Crippen LogP contribution in [0.2, 0.25) is 0 Å². The van der Waals surface area contributed by atoms with E-state index in [1.54, 1.807) is 11.8 Å². The van der Waals surface area contributed by atoms with Crippen molar-refractivity contribution in [2.45, 2.75) is 25.9 Å². The topological polar surface area (TPSA) is 40.5 Å². The maximum Gasteiger partial charge on any atom is 0.253 e. The van der Waals surface area contributed by atoms with Crippen LogP contribution < -0.4 is 0 Å². The number of amides is 1. The first kappa shape index (κ1) is 14.5. The van der Waals surface area contributed by atoms with Gasteiger partial charge in [0, 0.05) is 18.7 Å². The van der Waals surface area contributed by atoms with Gasteiger partial charge in [-0.2, -0.15) is 0 Å². The predicted octanol–water partition coefficient (Wildman–Crippen LogP) is 2.82. The summed E-state index contributed by atoms with van der Waals surface area (Å²) < 4.78 is 13.4. The zero-order valence-electron chi connectivity index (χ0n) is 10.8. The van der Waals surface area contributed by atoms with Crippen LogP contribution in [0.3, 0.4) is 0 Å². The van der Waals surface area contributed by atoms with Crippen molar-refractivity contribution in [2.24, 2.45) is 5.92 Å². The highest BCUT2D eigenvalue weighted by Gasteiger charge is 2.26. The average Bonchev–Trinajstić information content (AvgIpc) is 2.41. The van der Waals surface area contributed by atoms with E-state index in [4.69, 9.17) is 0 Å². The Kier molecular flexibility index (Phi) is 4.58. The molecule has 19 heavy (non-hydrogen) atoms. The number of halogens is 2. The number of hydrogen-bond acceptors (Lipinski definition) is 2. The number of likely N-dealkylation sites (tertiary alicyclic amines) is 1. The van der Waals surface area contributed by atoms with E-state index in [0.29, 0.717) is 23.1 Å². The van der Waals surface area contributed by atoms with Crippen molar-refractivity contribution < 1.29 is 14.3 Å². The zero-order valence-corrected chi connectivity index (χ0v) is 12.4. The number of aliphatic hydroxyl groups is 1. The van der Waals surface area contributed by atoms with E-state index in [-0.39, 0.29) is 23.7 Å². The van der Waals surface area contributed by atoms with E-state index in [9.17, 15) is 14.3 Å². The molecule has 1 fully saturated rings. The molecule has 0 spiro atoms. The molecule has 1 aliphatic heterocycles. The summed E-state index contributed by atoms with van der Waals surface area (Å²) >= 11 is 3.09. The summed E-state index contributed by atoms with van der Waals surface area (Å²) in [4.78, 5) is 14.0. The van der Waals surface area contributed by atoms with Gasteiger partial charge in [0.2, 0.25) is 0 Å². The highest BCUT2D eigenvalue weighted by Crippen LogP contribution is 2.23. The van der Waals surface area contributed by atoms with E-state index in [1.807, 2.05) is 0 Å². The monoisotopic (exact) mass is 329 g/mol. The molecule has 1 atom stereocenters. The summed E-state index contributed by atoms with van der Waals surface area (Å²) in [5.74, 6) is -0.182. The molecule has 0 saturated carbocycles. The highest BCUT2D eigenvalue weighted by molar-refractivity contribution is 9.10. The molecule has 0 aromatic heterocycles. The van der Waals surface area contributed by atoms with Crippen LogP contribution in [-0.2, 0) is 0 Å². The van der Waals surface area contributed by atoms with Crippen molar-refractivity contribution in [3.63, 3.8) is 0 Å². The first-order chi connectivity index (χ1) is 8.99. The van der Waals surface area contributed by atoms with Gasteiger partial charge in [0.25, 0.3) is 5.91 Å². The molecule has 2 rings (SSSR count). The normalized spacial score (nSPS) is 18.4. The van der Waals surface area contributed by atoms with Gasteiger partial charge in [-0.3, -0.25) is 4.79 Å². The molecule has 1 aromatic rings. The molecule has 0 aliphatic carbocycles. The van der Waals surface area contributed by atoms with Gasteiger partial charge in [-0.05, 0) is 59.8 Å². The largest absolute Gasteiger partial charge is 0.393 e. The standard InChI is InChI=1S/C14H17BrFNO2/c1-9(18)10-4-6-17(7-5-10)14(19)11-2-3-13(16)12(15)8-11/h2-3,8-10,18H,4-7H2,1H3/t9-/m0/s1. The lowest BCUT2D eigenvalue weighted by Crippen LogP contribution is -2.40. The van der Waals surface area contributed by atoms with Crippen molar-refractivity contribution in [1.29, 1.82) is 0 Å².